The molecule has 0 saturated carbocycles. The van der Waals surface area contributed by atoms with Crippen molar-refractivity contribution in [2.75, 3.05) is 6.54 Å². The number of halogens is 1. The first-order chi connectivity index (χ1) is 10.1. The summed E-state index contributed by atoms with van der Waals surface area (Å²) >= 11 is 5.32. The number of hydrogen-bond donors (Lipinski definition) is 2. The standard InChI is InChI=1S/C16H19BrN2OS/c1-11(2)19-16(20)10-18-9-12-7-8-15(21-12)13-5-3-4-6-14(13)17/h3-8,11,18H,9-10H2,1-2H3,(H,19,20). The van der Waals surface area contributed by atoms with Crippen molar-refractivity contribution in [3.8, 4) is 10.4 Å². The zero-order valence-electron chi connectivity index (χ0n) is 12.2. The fraction of sp³-hybridized carbons (Fsp3) is 0.312. The first-order valence-corrected chi connectivity index (χ1v) is 8.51. The molecule has 21 heavy (non-hydrogen) atoms. The molecule has 0 fully saturated rings. The predicted octanol–water partition coefficient (Wildman–Crippen LogP) is 3.79. The fourth-order valence-electron chi connectivity index (χ4n) is 1.95. The largest absolute Gasteiger partial charge is 0.353 e. The van der Waals surface area contributed by atoms with E-state index in [2.05, 4.69) is 44.8 Å². The molecule has 0 bridgehead atoms. The van der Waals surface area contributed by atoms with Crippen LogP contribution < -0.4 is 10.6 Å². The van der Waals surface area contributed by atoms with Crippen molar-refractivity contribution < 1.29 is 4.79 Å². The summed E-state index contributed by atoms with van der Waals surface area (Å²) in [6.07, 6.45) is 0. The Balaban J connectivity index is 1.89. The smallest absolute Gasteiger partial charge is 0.234 e. The van der Waals surface area contributed by atoms with Gasteiger partial charge < -0.3 is 10.6 Å². The quantitative estimate of drug-likeness (QED) is 0.816. The number of hydrogen-bond acceptors (Lipinski definition) is 3. The van der Waals surface area contributed by atoms with E-state index >= 15 is 0 Å². The van der Waals surface area contributed by atoms with Crippen molar-refractivity contribution in [2.24, 2.45) is 0 Å². The van der Waals surface area contributed by atoms with Gasteiger partial charge in [-0.3, -0.25) is 4.79 Å². The van der Waals surface area contributed by atoms with Gasteiger partial charge in [0.1, 0.15) is 0 Å². The zero-order chi connectivity index (χ0) is 15.2. The second kappa shape index (κ2) is 7.73. The average Bonchev–Trinajstić information content (AvgIpc) is 2.87. The molecule has 2 N–H and O–H groups in total. The molecule has 2 rings (SSSR count). The second-order valence-corrected chi connectivity index (χ2v) is 7.09. The molecule has 112 valence electrons. The van der Waals surface area contributed by atoms with Crippen LogP contribution >= 0.6 is 27.3 Å². The van der Waals surface area contributed by atoms with Gasteiger partial charge in [0.25, 0.3) is 0 Å². The van der Waals surface area contributed by atoms with Crippen molar-refractivity contribution in [3.63, 3.8) is 0 Å². The van der Waals surface area contributed by atoms with E-state index < -0.39 is 0 Å². The second-order valence-electron chi connectivity index (χ2n) is 5.07. The molecule has 2 aromatic rings. The average molecular weight is 367 g/mol. The number of carbonyl (C=O) groups is 1. The third kappa shape index (κ3) is 4.95. The summed E-state index contributed by atoms with van der Waals surface area (Å²) in [7, 11) is 0. The van der Waals surface area contributed by atoms with E-state index in [4.69, 9.17) is 0 Å². The molecule has 5 heteroatoms. The van der Waals surface area contributed by atoms with Crippen LogP contribution in [0.2, 0.25) is 0 Å². The van der Waals surface area contributed by atoms with Gasteiger partial charge in [-0.05, 0) is 32.0 Å². The number of nitrogens with one attached hydrogen (secondary N) is 2. The molecule has 1 amide bonds. The Morgan fingerprint density at radius 3 is 2.71 bits per heavy atom. The van der Waals surface area contributed by atoms with E-state index in [-0.39, 0.29) is 11.9 Å². The van der Waals surface area contributed by atoms with E-state index in [1.807, 2.05) is 32.0 Å². The summed E-state index contributed by atoms with van der Waals surface area (Å²) in [5.74, 6) is 0.0348. The van der Waals surface area contributed by atoms with E-state index in [0.717, 1.165) is 4.47 Å². The van der Waals surface area contributed by atoms with E-state index in [9.17, 15) is 4.79 Å². The molecule has 0 aliphatic carbocycles. The highest BCUT2D eigenvalue weighted by Gasteiger charge is 2.07. The van der Waals surface area contributed by atoms with Crippen LogP contribution in [-0.2, 0) is 11.3 Å². The molecule has 1 aromatic carbocycles. The maximum Gasteiger partial charge on any atom is 0.234 e. The Bertz CT molecular complexity index is 610. The van der Waals surface area contributed by atoms with Gasteiger partial charge >= 0.3 is 0 Å². The van der Waals surface area contributed by atoms with Gasteiger partial charge in [0.05, 0.1) is 6.54 Å². The van der Waals surface area contributed by atoms with Crippen LogP contribution in [0.4, 0.5) is 0 Å². The molecular weight excluding hydrogens is 348 g/mol. The Morgan fingerprint density at radius 2 is 2.00 bits per heavy atom. The lowest BCUT2D eigenvalue weighted by Gasteiger charge is -2.08. The first kappa shape index (κ1) is 16.2. The van der Waals surface area contributed by atoms with Crippen LogP contribution in [0.25, 0.3) is 10.4 Å². The third-order valence-corrected chi connectivity index (χ3v) is 4.65. The van der Waals surface area contributed by atoms with Crippen LogP contribution in [0.5, 0.6) is 0 Å². The highest BCUT2D eigenvalue weighted by Crippen LogP contribution is 2.33. The summed E-state index contributed by atoms with van der Waals surface area (Å²) in [5.41, 5.74) is 1.20. The SMILES string of the molecule is CC(C)NC(=O)CNCc1ccc(-c2ccccc2Br)s1. The number of thiophene rings is 1. The molecule has 0 unspecified atom stereocenters. The van der Waals surface area contributed by atoms with Crippen LogP contribution in [0.15, 0.2) is 40.9 Å². The normalized spacial score (nSPS) is 10.9. The van der Waals surface area contributed by atoms with Crippen LogP contribution in [0, 0.1) is 0 Å². The Hall–Kier alpha value is -1.17. The minimum absolute atomic E-state index is 0.0348. The number of carbonyl (C=O) groups excluding carboxylic acids is 1. The summed E-state index contributed by atoms with van der Waals surface area (Å²) in [6, 6.07) is 12.6. The van der Waals surface area contributed by atoms with E-state index in [1.54, 1.807) is 11.3 Å². The van der Waals surface area contributed by atoms with E-state index in [0.29, 0.717) is 13.1 Å². The number of amides is 1. The zero-order valence-corrected chi connectivity index (χ0v) is 14.6. The molecular formula is C16H19BrN2OS. The van der Waals surface area contributed by atoms with Gasteiger partial charge in [0.2, 0.25) is 5.91 Å². The fourth-order valence-corrected chi connectivity index (χ4v) is 3.60. The summed E-state index contributed by atoms with van der Waals surface area (Å²) in [5, 5.41) is 6.04. The van der Waals surface area contributed by atoms with E-state index in [1.165, 1.54) is 15.3 Å². The molecule has 0 aliphatic heterocycles. The maximum atomic E-state index is 11.5. The van der Waals surface area contributed by atoms with Crippen molar-refractivity contribution in [3.05, 3.63) is 45.7 Å². The summed E-state index contributed by atoms with van der Waals surface area (Å²) < 4.78 is 1.10. The van der Waals surface area contributed by atoms with Gasteiger partial charge in [0.15, 0.2) is 0 Å². The lowest BCUT2D eigenvalue weighted by Crippen LogP contribution is -2.37. The first-order valence-electron chi connectivity index (χ1n) is 6.90. The Morgan fingerprint density at radius 1 is 1.24 bits per heavy atom. The lowest BCUT2D eigenvalue weighted by molar-refractivity contribution is -0.120. The molecule has 0 radical (unpaired) electrons. The molecule has 0 saturated heterocycles. The maximum absolute atomic E-state index is 11.5. The van der Waals surface area contributed by atoms with Crippen molar-refractivity contribution in [1.29, 1.82) is 0 Å². The summed E-state index contributed by atoms with van der Waals surface area (Å²) in [6.45, 7) is 4.98. The van der Waals surface area contributed by atoms with Crippen molar-refractivity contribution >= 4 is 33.2 Å². The predicted molar refractivity (Wildman–Crippen MR) is 92.4 cm³/mol. The van der Waals surface area contributed by atoms with Crippen molar-refractivity contribution in [1.82, 2.24) is 10.6 Å². The van der Waals surface area contributed by atoms with Crippen molar-refractivity contribution in [2.45, 2.75) is 26.4 Å². The highest BCUT2D eigenvalue weighted by molar-refractivity contribution is 9.10. The molecule has 1 heterocycles. The lowest BCUT2D eigenvalue weighted by atomic mass is 10.2. The van der Waals surface area contributed by atoms with Crippen LogP contribution in [0.1, 0.15) is 18.7 Å². The van der Waals surface area contributed by atoms with Crippen LogP contribution in [-0.4, -0.2) is 18.5 Å². The molecule has 1 aromatic heterocycles. The van der Waals surface area contributed by atoms with Gasteiger partial charge in [-0.2, -0.15) is 0 Å². The topological polar surface area (TPSA) is 41.1 Å². The molecule has 0 atom stereocenters. The minimum atomic E-state index is 0.0348. The molecule has 0 aliphatic rings. The van der Waals surface area contributed by atoms with Gasteiger partial charge in [-0.15, -0.1) is 11.3 Å². The molecule has 3 nitrogen and oxygen atoms in total. The number of rotatable bonds is 6. The van der Waals surface area contributed by atoms with Gasteiger partial charge in [-0.25, -0.2) is 0 Å². The molecule has 0 spiro atoms. The third-order valence-electron chi connectivity index (χ3n) is 2.84. The number of benzene rings is 1. The highest BCUT2D eigenvalue weighted by atomic mass is 79.9. The Labute approximate surface area is 137 Å². The minimum Gasteiger partial charge on any atom is -0.353 e. The Kier molecular flexibility index (Phi) is 5.96. The summed E-state index contributed by atoms with van der Waals surface area (Å²) in [4.78, 5) is 14.0. The van der Waals surface area contributed by atoms with Gasteiger partial charge in [0, 0.05) is 32.4 Å². The monoisotopic (exact) mass is 366 g/mol. The van der Waals surface area contributed by atoms with Crippen LogP contribution in [0.3, 0.4) is 0 Å². The van der Waals surface area contributed by atoms with Gasteiger partial charge in [-0.1, -0.05) is 34.1 Å².